The number of hydrogen-bond donors (Lipinski definition) is 4. The SMILES string of the molecule is Nc1nc2ncn(/C=C3/C(F)C3(CO)CO)c2c(=O)[nH]1. The number of H-pyrrole nitrogens is 1. The normalized spacial score (nSPS) is 22.6. The average molecular weight is 281 g/mol. The van der Waals surface area contributed by atoms with Gasteiger partial charge in [-0.15, -0.1) is 0 Å². The number of alkyl halides is 1. The Kier molecular flexibility index (Phi) is 2.63. The van der Waals surface area contributed by atoms with E-state index in [1.807, 2.05) is 0 Å². The molecule has 0 spiro atoms. The van der Waals surface area contributed by atoms with Crippen molar-refractivity contribution < 1.29 is 14.6 Å². The molecule has 1 fully saturated rings. The second kappa shape index (κ2) is 4.12. The van der Waals surface area contributed by atoms with Gasteiger partial charge >= 0.3 is 0 Å². The van der Waals surface area contributed by atoms with Crippen molar-refractivity contribution in [2.24, 2.45) is 5.41 Å². The number of fused-ring (bicyclic) bond motifs is 1. The smallest absolute Gasteiger partial charge is 0.278 e. The highest BCUT2D eigenvalue weighted by atomic mass is 19.1. The number of hydrogen-bond acceptors (Lipinski definition) is 6. The van der Waals surface area contributed by atoms with Crippen LogP contribution in [0.25, 0.3) is 17.4 Å². The summed E-state index contributed by atoms with van der Waals surface area (Å²) in [6.45, 7) is -1.02. The second-order valence-corrected chi connectivity index (χ2v) is 4.69. The molecule has 8 nitrogen and oxygen atoms in total. The van der Waals surface area contributed by atoms with E-state index in [0.717, 1.165) is 0 Å². The van der Waals surface area contributed by atoms with E-state index in [4.69, 9.17) is 15.9 Å². The van der Waals surface area contributed by atoms with Crippen LogP contribution in [-0.2, 0) is 0 Å². The van der Waals surface area contributed by atoms with Gasteiger partial charge in [0.25, 0.3) is 5.56 Å². The van der Waals surface area contributed by atoms with Gasteiger partial charge in [-0.2, -0.15) is 4.98 Å². The number of rotatable bonds is 3. The molecule has 0 radical (unpaired) electrons. The number of aliphatic hydroxyl groups excluding tert-OH is 2. The van der Waals surface area contributed by atoms with Gasteiger partial charge in [-0.1, -0.05) is 0 Å². The van der Waals surface area contributed by atoms with Crippen molar-refractivity contribution in [3.63, 3.8) is 0 Å². The lowest BCUT2D eigenvalue weighted by atomic mass is 10.1. The van der Waals surface area contributed by atoms with Gasteiger partial charge in [-0.3, -0.25) is 14.3 Å². The minimum atomic E-state index is -1.45. The number of nitrogens with one attached hydrogen (secondary N) is 1. The Morgan fingerprint density at radius 1 is 1.55 bits per heavy atom. The Bertz CT molecular complexity index is 761. The number of aromatic amines is 1. The van der Waals surface area contributed by atoms with E-state index < -0.39 is 30.4 Å². The fraction of sp³-hybridized carbons (Fsp3) is 0.364. The standard InChI is InChI=1S/C11H12FN5O3/c12-7-5(11(7,2-18)3-19)1-17-4-14-8-6(17)9(20)16-10(13)15-8/h1,4,7,18-19H,2-3H2,(H3,13,15,16,20)/b5-1-. The maximum Gasteiger partial charge on any atom is 0.278 e. The van der Waals surface area contributed by atoms with E-state index >= 15 is 0 Å². The molecule has 2 aromatic rings. The van der Waals surface area contributed by atoms with Gasteiger partial charge in [0.05, 0.1) is 18.6 Å². The highest BCUT2D eigenvalue weighted by molar-refractivity contribution is 5.74. The zero-order valence-corrected chi connectivity index (χ0v) is 10.2. The fourth-order valence-corrected chi connectivity index (χ4v) is 2.21. The first-order valence-electron chi connectivity index (χ1n) is 5.84. The van der Waals surface area contributed by atoms with Crippen molar-refractivity contribution in [2.45, 2.75) is 6.17 Å². The Balaban J connectivity index is 2.12. The van der Waals surface area contributed by atoms with Crippen LogP contribution in [0.4, 0.5) is 10.3 Å². The molecular formula is C11H12FN5O3. The third-order valence-electron chi connectivity index (χ3n) is 3.55. The monoisotopic (exact) mass is 281 g/mol. The van der Waals surface area contributed by atoms with Crippen LogP contribution in [0.3, 0.4) is 0 Å². The molecule has 1 aliphatic carbocycles. The largest absolute Gasteiger partial charge is 0.395 e. The molecule has 0 saturated heterocycles. The summed E-state index contributed by atoms with van der Waals surface area (Å²) in [5.74, 6) is -0.0599. The number of anilines is 1. The van der Waals surface area contributed by atoms with Gasteiger partial charge in [0.15, 0.2) is 11.2 Å². The summed E-state index contributed by atoms with van der Waals surface area (Å²) in [7, 11) is 0. The quantitative estimate of drug-likeness (QED) is 0.563. The zero-order chi connectivity index (χ0) is 14.5. The number of nitrogens with zero attached hydrogens (tertiary/aromatic N) is 3. The van der Waals surface area contributed by atoms with Crippen molar-refractivity contribution >= 4 is 23.3 Å². The number of aromatic nitrogens is 4. The minimum absolute atomic E-state index is 0.0599. The highest BCUT2D eigenvalue weighted by Crippen LogP contribution is 2.54. The maximum absolute atomic E-state index is 13.7. The summed E-state index contributed by atoms with van der Waals surface area (Å²) in [5, 5.41) is 18.3. The third kappa shape index (κ3) is 1.57. The summed E-state index contributed by atoms with van der Waals surface area (Å²) >= 11 is 0. The van der Waals surface area contributed by atoms with E-state index in [-0.39, 0.29) is 22.7 Å². The molecule has 2 heterocycles. The van der Waals surface area contributed by atoms with Crippen molar-refractivity contribution in [1.82, 2.24) is 19.5 Å². The van der Waals surface area contributed by atoms with Crippen LogP contribution in [0, 0.1) is 5.41 Å². The summed E-state index contributed by atoms with van der Waals surface area (Å²) in [5.41, 5.74) is 4.09. The lowest BCUT2D eigenvalue weighted by molar-refractivity contribution is 0.118. The first kappa shape index (κ1) is 12.8. The molecule has 20 heavy (non-hydrogen) atoms. The van der Waals surface area contributed by atoms with Gasteiger partial charge in [-0.25, -0.2) is 9.37 Å². The second-order valence-electron chi connectivity index (χ2n) is 4.69. The molecule has 0 aliphatic heterocycles. The van der Waals surface area contributed by atoms with Crippen LogP contribution in [0.2, 0.25) is 0 Å². The van der Waals surface area contributed by atoms with Crippen LogP contribution >= 0.6 is 0 Å². The Labute approximate surface area is 111 Å². The molecule has 1 saturated carbocycles. The van der Waals surface area contributed by atoms with E-state index in [2.05, 4.69) is 15.0 Å². The predicted molar refractivity (Wildman–Crippen MR) is 68.3 cm³/mol. The van der Waals surface area contributed by atoms with Crippen molar-refractivity contribution in [2.75, 3.05) is 18.9 Å². The van der Waals surface area contributed by atoms with Crippen LogP contribution in [0.5, 0.6) is 0 Å². The molecule has 5 N–H and O–H groups in total. The number of imidazole rings is 1. The number of nitrogens with two attached hydrogens (primary N) is 1. The van der Waals surface area contributed by atoms with Crippen molar-refractivity contribution in [3.8, 4) is 0 Å². The van der Waals surface area contributed by atoms with E-state index in [9.17, 15) is 9.18 Å². The van der Waals surface area contributed by atoms with Crippen LogP contribution in [0.1, 0.15) is 0 Å². The molecule has 3 rings (SSSR count). The molecule has 1 unspecified atom stereocenters. The minimum Gasteiger partial charge on any atom is -0.395 e. The summed E-state index contributed by atoms with van der Waals surface area (Å²) in [6, 6.07) is 0. The predicted octanol–water partition coefficient (Wildman–Crippen LogP) is -1.13. The van der Waals surface area contributed by atoms with Gasteiger partial charge < -0.3 is 15.9 Å². The number of halogens is 1. The topological polar surface area (TPSA) is 130 Å². The molecule has 1 atom stereocenters. The van der Waals surface area contributed by atoms with Crippen LogP contribution in [0.15, 0.2) is 16.7 Å². The molecule has 9 heteroatoms. The molecule has 2 aromatic heterocycles. The maximum atomic E-state index is 13.7. The Hall–Kier alpha value is -2.26. The number of aliphatic hydroxyl groups is 2. The third-order valence-corrected chi connectivity index (χ3v) is 3.55. The van der Waals surface area contributed by atoms with E-state index in [0.29, 0.717) is 0 Å². The Morgan fingerprint density at radius 3 is 2.85 bits per heavy atom. The average Bonchev–Trinajstić information content (AvgIpc) is 2.77. The van der Waals surface area contributed by atoms with Gasteiger partial charge in [0.2, 0.25) is 5.95 Å². The molecule has 1 aliphatic rings. The zero-order valence-electron chi connectivity index (χ0n) is 10.2. The van der Waals surface area contributed by atoms with Crippen molar-refractivity contribution in [1.29, 1.82) is 0 Å². The van der Waals surface area contributed by atoms with Gasteiger partial charge in [0, 0.05) is 6.20 Å². The first-order chi connectivity index (χ1) is 9.53. The molecule has 0 aromatic carbocycles. The summed E-state index contributed by atoms with van der Waals surface area (Å²) in [4.78, 5) is 21.9. The first-order valence-corrected chi connectivity index (χ1v) is 5.84. The van der Waals surface area contributed by atoms with Crippen LogP contribution < -0.4 is 11.3 Å². The van der Waals surface area contributed by atoms with Gasteiger partial charge in [0.1, 0.15) is 12.5 Å². The lowest BCUT2D eigenvalue weighted by Crippen LogP contribution is -2.16. The van der Waals surface area contributed by atoms with Crippen LogP contribution in [-0.4, -0.2) is 49.1 Å². The fourth-order valence-electron chi connectivity index (χ4n) is 2.21. The highest BCUT2D eigenvalue weighted by Gasteiger charge is 2.60. The van der Waals surface area contributed by atoms with Gasteiger partial charge in [-0.05, 0) is 5.57 Å². The number of nitrogen functional groups attached to an aromatic ring is 1. The Morgan fingerprint density at radius 2 is 2.25 bits per heavy atom. The molecule has 106 valence electrons. The lowest BCUT2D eigenvalue weighted by Gasteiger charge is -2.04. The van der Waals surface area contributed by atoms with E-state index in [1.165, 1.54) is 17.1 Å². The van der Waals surface area contributed by atoms with Crippen molar-refractivity contribution in [3.05, 3.63) is 22.3 Å². The molecule has 0 amide bonds. The summed E-state index contributed by atoms with van der Waals surface area (Å²) < 4.78 is 15.0. The molecular weight excluding hydrogens is 269 g/mol. The molecule has 0 bridgehead atoms. The summed E-state index contributed by atoms with van der Waals surface area (Å²) in [6.07, 6.45) is 1.18. The van der Waals surface area contributed by atoms with E-state index in [1.54, 1.807) is 0 Å².